The normalized spacial score (nSPS) is 15.3. The minimum atomic E-state index is -0.590. The summed E-state index contributed by atoms with van der Waals surface area (Å²) in [6, 6.07) is 15.7. The molecule has 3 rings (SSSR count). The average molecular weight is 322 g/mol. The number of nitrogens with one attached hydrogen (secondary N) is 1. The third-order valence-electron chi connectivity index (χ3n) is 4.52. The van der Waals surface area contributed by atoms with Crippen molar-refractivity contribution in [1.82, 2.24) is 5.32 Å². The van der Waals surface area contributed by atoms with Crippen molar-refractivity contribution in [2.24, 2.45) is 0 Å². The Hall–Kier alpha value is -2.62. The summed E-state index contributed by atoms with van der Waals surface area (Å²) in [4.78, 5) is 26.6. The highest BCUT2D eigenvalue weighted by atomic mass is 16.2. The topological polar surface area (TPSA) is 49.4 Å². The Morgan fingerprint density at radius 1 is 1.12 bits per heavy atom. The molecule has 0 aromatic heterocycles. The SMILES string of the molecule is Cc1cccc(CNC(=O)CN2C(=O)C(C)(C)c3ccccc32)c1. The third kappa shape index (κ3) is 2.92. The number of carbonyl (C=O) groups is 2. The van der Waals surface area contributed by atoms with Crippen LogP contribution in [0.3, 0.4) is 0 Å². The number of para-hydroxylation sites is 1. The van der Waals surface area contributed by atoms with Crippen molar-refractivity contribution >= 4 is 17.5 Å². The van der Waals surface area contributed by atoms with E-state index >= 15 is 0 Å². The zero-order valence-corrected chi connectivity index (χ0v) is 14.3. The van der Waals surface area contributed by atoms with Gasteiger partial charge in [0.1, 0.15) is 6.54 Å². The fraction of sp³-hybridized carbons (Fsp3) is 0.300. The second kappa shape index (κ2) is 6.11. The second-order valence-electron chi connectivity index (χ2n) is 6.80. The lowest BCUT2D eigenvalue weighted by molar-refractivity contribution is -0.125. The van der Waals surface area contributed by atoms with E-state index in [-0.39, 0.29) is 18.4 Å². The number of hydrogen-bond acceptors (Lipinski definition) is 2. The van der Waals surface area contributed by atoms with E-state index in [9.17, 15) is 9.59 Å². The molecule has 0 fully saturated rings. The highest BCUT2D eigenvalue weighted by Gasteiger charge is 2.43. The molecular formula is C20H22N2O2. The number of benzene rings is 2. The van der Waals surface area contributed by atoms with Crippen LogP contribution in [0.2, 0.25) is 0 Å². The average Bonchev–Trinajstić information content (AvgIpc) is 2.75. The van der Waals surface area contributed by atoms with Crippen LogP contribution >= 0.6 is 0 Å². The van der Waals surface area contributed by atoms with Gasteiger partial charge in [0.15, 0.2) is 0 Å². The van der Waals surface area contributed by atoms with Crippen LogP contribution in [0.1, 0.15) is 30.5 Å². The minimum absolute atomic E-state index is 0.0330. The van der Waals surface area contributed by atoms with Crippen LogP contribution in [0.25, 0.3) is 0 Å². The Morgan fingerprint density at radius 3 is 2.62 bits per heavy atom. The number of hydrogen-bond donors (Lipinski definition) is 1. The van der Waals surface area contributed by atoms with Gasteiger partial charge in [0.2, 0.25) is 11.8 Å². The molecule has 2 amide bonds. The molecule has 1 heterocycles. The smallest absolute Gasteiger partial charge is 0.240 e. The lowest BCUT2D eigenvalue weighted by atomic mass is 9.86. The summed E-state index contributed by atoms with van der Waals surface area (Å²) in [5.74, 6) is -0.188. The maximum atomic E-state index is 12.7. The Bertz CT molecular complexity index is 796. The number of anilines is 1. The Balaban J connectivity index is 1.70. The standard InChI is InChI=1S/C20H22N2O2/c1-14-7-6-8-15(11-14)12-21-18(23)13-22-17-10-5-4-9-16(17)20(2,3)19(22)24/h4-11H,12-13H2,1-3H3,(H,21,23). The van der Waals surface area contributed by atoms with Gasteiger partial charge in [-0.15, -0.1) is 0 Å². The van der Waals surface area contributed by atoms with Crippen LogP contribution in [0, 0.1) is 6.92 Å². The van der Waals surface area contributed by atoms with Crippen LogP contribution < -0.4 is 10.2 Å². The van der Waals surface area contributed by atoms with Crippen LogP contribution in [0.4, 0.5) is 5.69 Å². The molecule has 0 saturated carbocycles. The summed E-state index contributed by atoms with van der Waals surface area (Å²) in [6.45, 7) is 6.34. The van der Waals surface area contributed by atoms with Crippen LogP contribution in [-0.4, -0.2) is 18.4 Å². The Kier molecular flexibility index (Phi) is 4.14. The summed E-state index contributed by atoms with van der Waals surface area (Å²) in [6.07, 6.45) is 0. The second-order valence-corrected chi connectivity index (χ2v) is 6.80. The lowest BCUT2D eigenvalue weighted by Gasteiger charge is -2.20. The first kappa shape index (κ1) is 16.2. The lowest BCUT2D eigenvalue weighted by Crippen LogP contribution is -2.42. The van der Waals surface area contributed by atoms with Gasteiger partial charge in [-0.25, -0.2) is 0 Å². The quantitative estimate of drug-likeness (QED) is 0.941. The van der Waals surface area contributed by atoms with Gasteiger partial charge in [0.05, 0.1) is 5.41 Å². The monoisotopic (exact) mass is 322 g/mol. The fourth-order valence-electron chi connectivity index (χ4n) is 3.18. The first-order valence-electron chi connectivity index (χ1n) is 8.13. The number of aryl methyl sites for hydroxylation is 1. The molecule has 2 aromatic rings. The Morgan fingerprint density at radius 2 is 1.88 bits per heavy atom. The maximum absolute atomic E-state index is 12.7. The highest BCUT2D eigenvalue weighted by Crippen LogP contribution is 2.40. The van der Waals surface area contributed by atoms with E-state index in [1.54, 1.807) is 4.90 Å². The van der Waals surface area contributed by atoms with Gasteiger partial charge in [-0.3, -0.25) is 9.59 Å². The van der Waals surface area contributed by atoms with E-state index in [1.165, 1.54) is 0 Å². The minimum Gasteiger partial charge on any atom is -0.350 e. The van der Waals surface area contributed by atoms with Crippen molar-refractivity contribution in [3.63, 3.8) is 0 Å². The highest BCUT2D eigenvalue weighted by molar-refractivity contribution is 6.10. The summed E-state index contributed by atoms with van der Waals surface area (Å²) in [5, 5.41) is 2.90. The van der Waals surface area contributed by atoms with E-state index in [0.717, 1.165) is 22.4 Å². The van der Waals surface area contributed by atoms with Crippen LogP contribution in [-0.2, 0) is 21.5 Å². The predicted octanol–water partition coefficient (Wildman–Crippen LogP) is 2.94. The largest absolute Gasteiger partial charge is 0.350 e. The molecule has 4 heteroatoms. The van der Waals surface area contributed by atoms with E-state index in [0.29, 0.717) is 6.54 Å². The molecule has 0 atom stereocenters. The zero-order valence-electron chi connectivity index (χ0n) is 14.3. The first-order chi connectivity index (χ1) is 11.4. The number of fused-ring (bicyclic) bond motifs is 1. The van der Waals surface area contributed by atoms with Gasteiger partial charge in [0.25, 0.3) is 0 Å². The van der Waals surface area contributed by atoms with Gasteiger partial charge in [-0.2, -0.15) is 0 Å². The third-order valence-corrected chi connectivity index (χ3v) is 4.52. The number of nitrogens with zero attached hydrogens (tertiary/aromatic N) is 1. The molecule has 124 valence electrons. The molecule has 0 saturated heterocycles. The summed E-state index contributed by atoms with van der Waals surface area (Å²) in [7, 11) is 0. The van der Waals surface area contributed by atoms with E-state index in [4.69, 9.17) is 0 Å². The number of rotatable bonds is 4. The molecule has 4 nitrogen and oxygen atoms in total. The summed E-state index contributed by atoms with van der Waals surface area (Å²) < 4.78 is 0. The van der Waals surface area contributed by atoms with Gasteiger partial charge >= 0.3 is 0 Å². The molecule has 1 N–H and O–H groups in total. The number of amides is 2. The zero-order chi connectivity index (χ0) is 17.3. The predicted molar refractivity (Wildman–Crippen MR) is 94.8 cm³/mol. The van der Waals surface area contributed by atoms with Crippen molar-refractivity contribution in [3.8, 4) is 0 Å². The molecule has 24 heavy (non-hydrogen) atoms. The van der Waals surface area contributed by atoms with E-state index in [1.807, 2.05) is 69.3 Å². The first-order valence-corrected chi connectivity index (χ1v) is 8.13. The molecule has 1 aliphatic rings. The van der Waals surface area contributed by atoms with Crippen LogP contribution in [0.15, 0.2) is 48.5 Å². The van der Waals surface area contributed by atoms with Gasteiger partial charge in [-0.05, 0) is 38.0 Å². The molecule has 0 radical (unpaired) electrons. The summed E-state index contributed by atoms with van der Waals surface area (Å²) >= 11 is 0. The molecule has 1 aliphatic heterocycles. The molecule has 0 unspecified atom stereocenters. The van der Waals surface area contributed by atoms with Crippen molar-refractivity contribution in [2.45, 2.75) is 32.7 Å². The van der Waals surface area contributed by atoms with Gasteiger partial charge in [-0.1, -0.05) is 48.0 Å². The van der Waals surface area contributed by atoms with Crippen molar-refractivity contribution in [1.29, 1.82) is 0 Å². The molecule has 0 spiro atoms. The molecule has 0 aliphatic carbocycles. The van der Waals surface area contributed by atoms with Gasteiger partial charge in [0, 0.05) is 12.2 Å². The fourth-order valence-corrected chi connectivity index (χ4v) is 3.18. The van der Waals surface area contributed by atoms with Crippen LogP contribution in [0.5, 0.6) is 0 Å². The maximum Gasteiger partial charge on any atom is 0.240 e. The molecule has 2 aromatic carbocycles. The number of carbonyl (C=O) groups excluding carboxylic acids is 2. The van der Waals surface area contributed by atoms with Crippen molar-refractivity contribution in [3.05, 3.63) is 65.2 Å². The van der Waals surface area contributed by atoms with Crippen molar-refractivity contribution < 1.29 is 9.59 Å². The summed E-state index contributed by atoms with van der Waals surface area (Å²) in [5.41, 5.74) is 3.43. The molecule has 0 bridgehead atoms. The van der Waals surface area contributed by atoms with E-state index < -0.39 is 5.41 Å². The van der Waals surface area contributed by atoms with Gasteiger partial charge < -0.3 is 10.2 Å². The van der Waals surface area contributed by atoms with Crippen molar-refractivity contribution in [2.75, 3.05) is 11.4 Å². The van der Waals surface area contributed by atoms with E-state index in [2.05, 4.69) is 5.32 Å². The molecular weight excluding hydrogens is 300 g/mol. The Labute approximate surface area is 142 Å².